The number of amides is 3. The predicted octanol–water partition coefficient (Wildman–Crippen LogP) is 3.25. The summed E-state index contributed by atoms with van der Waals surface area (Å²) in [6.45, 7) is 6.73. The number of benzene rings is 1. The topological polar surface area (TPSA) is 70.7 Å². The lowest BCUT2D eigenvalue weighted by atomic mass is 9.93. The second-order valence-electron chi connectivity index (χ2n) is 7.05. The maximum Gasteiger partial charge on any atom is 0.321 e. The SMILES string of the molecule is CC(C)OCCCNC(=O)CC1CCN(C(=O)Nc2ccccc2)CC1. The molecule has 26 heavy (non-hydrogen) atoms. The molecule has 1 aromatic carbocycles. The Balaban J connectivity index is 1.60. The summed E-state index contributed by atoms with van der Waals surface area (Å²) in [6.07, 6.45) is 3.34. The molecule has 6 nitrogen and oxygen atoms in total. The smallest absolute Gasteiger partial charge is 0.321 e. The van der Waals surface area contributed by atoms with Crippen LogP contribution in [0.5, 0.6) is 0 Å². The Hall–Kier alpha value is -2.08. The Morgan fingerprint density at radius 1 is 1.19 bits per heavy atom. The Kier molecular flexibility index (Phi) is 8.41. The van der Waals surface area contributed by atoms with E-state index in [1.807, 2.05) is 49.1 Å². The van der Waals surface area contributed by atoms with Crippen molar-refractivity contribution < 1.29 is 14.3 Å². The van der Waals surface area contributed by atoms with Crippen molar-refractivity contribution in [2.45, 2.75) is 45.6 Å². The Morgan fingerprint density at radius 2 is 1.88 bits per heavy atom. The van der Waals surface area contributed by atoms with Gasteiger partial charge in [0.15, 0.2) is 0 Å². The number of piperidine rings is 1. The van der Waals surface area contributed by atoms with Gasteiger partial charge in [-0.15, -0.1) is 0 Å². The fourth-order valence-electron chi connectivity index (χ4n) is 3.02. The molecule has 1 heterocycles. The van der Waals surface area contributed by atoms with Gasteiger partial charge in [0, 0.05) is 38.3 Å². The molecule has 6 heteroatoms. The standard InChI is InChI=1S/C20H31N3O3/c1-16(2)26-14-6-11-21-19(24)15-17-9-12-23(13-10-17)20(25)22-18-7-4-3-5-8-18/h3-5,7-8,16-17H,6,9-15H2,1-2H3,(H,21,24)(H,22,25). The molecule has 0 aromatic heterocycles. The van der Waals surface area contributed by atoms with Gasteiger partial charge in [-0.2, -0.15) is 0 Å². The second kappa shape index (κ2) is 10.8. The number of urea groups is 1. The minimum atomic E-state index is -0.0655. The van der Waals surface area contributed by atoms with E-state index in [-0.39, 0.29) is 18.0 Å². The molecule has 0 saturated carbocycles. The van der Waals surface area contributed by atoms with Gasteiger partial charge >= 0.3 is 6.03 Å². The van der Waals surface area contributed by atoms with Crippen molar-refractivity contribution in [2.24, 2.45) is 5.92 Å². The molecule has 1 aliphatic rings. The van der Waals surface area contributed by atoms with Gasteiger partial charge in [-0.25, -0.2) is 4.79 Å². The van der Waals surface area contributed by atoms with E-state index >= 15 is 0 Å². The van der Waals surface area contributed by atoms with Crippen LogP contribution in [0.2, 0.25) is 0 Å². The van der Waals surface area contributed by atoms with Crippen LogP contribution < -0.4 is 10.6 Å². The summed E-state index contributed by atoms with van der Waals surface area (Å²) in [5.74, 6) is 0.449. The van der Waals surface area contributed by atoms with Gasteiger partial charge in [0.1, 0.15) is 0 Å². The number of likely N-dealkylation sites (tertiary alicyclic amines) is 1. The number of carbonyl (C=O) groups excluding carboxylic acids is 2. The number of nitrogens with zero attached hydrogens (tertiary/aromatic N) is 1. The van der Waals surface area contributed by atoms with Crippen LogP contribution in [0.25, 0.3) is 0 Å². The summed E-state index contributed by atoms with van der Waals surface area (Å²) in [5.41, 5.74) is 0.806. The van der Waals surface area contributed by atoms with Gasteiger partial charge in [0.2, 0.25) is 5.91 Å². The fraction of sp³-hybridized carbons (Fsp3) is 0.600. The van der Waals surface area contributed by atoms with E-state index in [4.69, 9.17) is 4.74 Å². The normalized spacial score (nSPS) is 15.1. The Bertz CT molecular complexity index is 555. The third-order valence-corrected chi connectivity index (χ3v) is 4.50. The van der Waals surface area contributed by atoms with Crippen molar-refractivity contribution in [1.29, 1.82) is 0 Å². The summed E-state index contributed by atoms with van der Waals surface area (Å²) in [5, 5.41) is 5.87. The van der Waals surface area contributed by atoms with E-state index < -0.39 is 0 Å². The van der Waals surface area contributed by atoms with Gasteiger partial charge in [-0.05, 0) is 51.2 Å². The summed E-state index contributed by atoms with van der Waals surface area (Å²) < 4.78 is 5.46. The van der Waals surface area contributed by atoms with E-state index in [2.05, 4.69) is 10.6 Å². The molecule has 2 N–H and O–H groups in total. The van der Waals surface area contributed by atoms with Crippen molar-refractivity contribution in [3.63, 3.8) is 0 Å². The van der Waals surface area contributed by atoms with E-state index in [0.717, 1.165) is 24.9 Å². The van der Waals surface area contributed by atoms with E-state index in [1.54, 1.807) is 0 Å². The van der Waals surface area contributed by atoms with E-state index in [1.165, 1.54) is 0 Å². The monoisotopic (exact) mass is 361 g/mol. The zero-order chi connectivity index (χ0) is 18.8. The summed E-state index contributed by atoms with van der Waals surface area (Å²) in [4.78, 5) is 26.1. The molecule has 2 rings (SSSR count). The fourth-order valence-corrected chi connectivity index (χ4v) is 3.02. The minimum absolute atomic E-state index is 0.0655. The van der Waals surface area contributed by atoms with Crippen LogP contribution in [-0.4, -0.2) is 49.2 Å². The highest BCUT2D eigenvalue weighted by Gasteiger charge is 2.24. The quantitative estimate of drug-likeness (QED) is 0.698. The van der Waals surface area contributed by atoms with Crippen LogP contribution >= 0.6 is 0 Å². The summed E-state index contributed by atoms with van der Waals surface area (Å²) in [6, 6.07) is 9.40. The van der Waals surface area contributed by atoms with Crippen molar-refractivity contribution in [2.75, 3.05) is 31.6 Å². The molecular formula is C20H31N3O3. The first-order valence-corrected chi connectivity index (χ1v) is 9.54. The lowest BCUT2D eigenvalue weighted by molar-refractivity contribution is -0.122. The number of rotatable bonds is 8. The molecular weight excluding hydrogens is 330 g/mol. The van der Waals surface area contributed by atoms with Crippen LogP contribution in [-0.2, 0) is 9.53 Å². The largest absolute Gasteiger partial charge is 0.379 e. The lowest BCUT2D eigenvalue weighted by Gasteiger charge is -2.31. The van der Waals surface area contributed by atoms with Crippen molar-refractivity contribution in [1.82, 2.24) is 10.2 Å². The molecule has 0 spiro atoms. The lowest BCUT2D eigenvalue weighted by Crippen LogP contribution is -2.42. The first-order valence-electron chi connectivity index (χ1n) is 9.54. The number of hydrogen-bond acceptors (Lipinski definition) is 3. The van der Waals surface area contributed by atoms with Gasteiger partial charge in [0.05, 0.1) is 6.10 Å². The van der Waals surface area contributed by atoms with Gasteiger partial charge in [0.25, 0.3) is 0 Å². The highest BCUT2D eigenvalue weighted by molar-refractivity contribution is 5.89. The number of anilines is 1. The number of nitrogens with one attached hydrogen (secondary N) is 2. The van der Waals surface area contributed by atoms with Crippen LogP contribution in [0.3, 0.4) is 0 Å². The first-order chi connectivity index (χ1) is 12.5. The maximum absolute atomic E-state index is 12.3. The first kappa shape index (κ1) is 20.2. The average molecular weight is 361 g/mol. The molecule has 1 aromatic rings. The summed E-state index contributed by atoms with van der Waals surface area (Å²) in [7, 11) is 0. The number of para-hydroxylation sites is 1. The molecule has 1 aliphatic heterocycles. The van der Waals surface area contributed by atoms with Gasteiger partial charge in [-0.1, -0.05) is 18.2 Å². The predicted molar refractivity (Wildman–Crippen MR) is 103 cm³/mol. The van der Waals surface area contributed by atoms with E-state index in [0.29, 0.717) is 38.6 Å². The molecule has 0 bridgehead atoms. The highest BCUT2D eigenvalue weighted by atomic mass is 16.5. The molecule has 0 radical (unpaired) electrons. The molecule has 144 valence electrons. The minimum Gasteiger partial charge on any atom is -0.379 e. The zero-order valence-corrected chi connectivity index (χ0v) is 15.9. The molecule has 3 amide bonds. The zero-order valence-electron chi connectivity index (χ0n) is 15.9. The van der Waals surface area contributed by atoms with Gasteiger partial charge in [-0.3, -0.25) is 4.79 Å². The number of ether oxygens (including phenoxy) is 1. The average Bonchev–Trinajstić information content (AvgIpc) is 2.62. The van der Waals surface area contributed by atoms with Crippen LogP contribution in [0.15, 0.2) is 30.3 Å². The highest BCUT2D eigenvalue weighted by Crippen LogP contribution is 2.21. The van der Waals surface area contributed by atoms with E-state index in [9.17, 15) is 9.59 Å². The van der Waals surface area contributed by atoms with Crippen molar-refractivity contribution in [3.05, 3.63) is 30.3 Å². The summed E-state index contributed by atoms with van der Waals surface area (Å²) >= 11 is 0. The Labute approximate surface area is 156 Å². The molecule has 1 fully saturated rings. The number of carbonyl (C=O) groups is 2. The second-order valence-corrected chi connectivity index (χ2v) is 7.05. The number of hydrogen-bond donors (Lipinski definition) is 2. The van der Waals surface area contributed by atoms with Crippen molar-refractivity contribution >= 4 is 17.6 Å². The third kappa shape index (κ3) is 7.44. The van der Waals surface area contributed by atoms with Crippen LogP contribution in [0.1, 0.15) is 39.5 Å². The molecule has 1 saturated heterocycles. The maximum atomic E-state index is 12.3. The van der Waals surface area contributed by atoms with Crippen LogP contribution in [0, 0.1) is 5.92 Å². The van der Waals surface area contributed by atoms with Crippen LogP contribution in [0.4, 0.5) is 10.5 Å². The molecule has 0 unspecified atom stereocenters. The third-order valence-electron chi connectivity index (χ3n) is 4.50. The Morgan fingerprint density at radius 3 is 2.54 bits per heavy atom. The molecule has 0 atom stereocenters. The van der Waals surface area contributed by atoms with Gasteiger partial charge < -0.3 is 20.3 Å². The van der Waals surface area contributed by atoms with Crippen molar-refractivity contribution in [3.8, 4) is 0 Å². The molecule has 0 aliphatic carbocycles.